The monoisotopic (exact) mass is 363 g/mol. The topological polar surface area (TPSA) is 84.3 Å². The molecular formula is C21H21N3O3. The molecule has 6 nitrogen and oxygen atoms in total. The molecule has 0 aromatic heterocycles. The van der Waals surface area contributed by atoms with Crippen molar-refractivity contribution in [2.24, 2.45) is 5.41 Å². The SMILES string of the molecule is CC1(C)CC(=O)C2=C(C1)Nc1ccccc1NC2c1ccccc1[N+](=O)[O-]. The fourth-order valence-corrected chi connectivity index (χ4v) is 4.02. The molecule has 2 aromatic carbocycles. The molecule has 2 aromatic rings. The molecule has 0 fully saturated rings. The molecule has 1 atom stereocenters. The number of hydrogen-bond acceptors (Lipinski definition) is 5. The number of anilines is 2. The van der Waals surface area contributed by atoms with Crippen molar-refractivity contribution in [1.29, 1.82) is 0 Å². The fraction of sp³-hybridized carbons (Fsp3) is 0.286. The molecule has 2 aliphatic rings. The molecule has 0 saturated carbocycles. The van der Waals surface area contributed by atoms with Crippen molar-refractivity contribution < 1.29 is 9.72 Å². The van der Waals surface area contributed by atoms with Gasteiger partial charge in [0.15, 0.2) is 5.78 Å². The fourth-order valence-electron chi connectivity index (χ4n) is 4.02. The molecule has 0 saturated heterocycles. The van der Waals surface area contributed by atoms with E-state index in [1.165, 1.54) is 6.07 Å². The Morgan fingerprint density at radius 3 is 2.44 bits per heavy atom. The lowest BCUT2D eigenvalue weighted by molar-refractivity contribution is -0.385. The molecule has 4 rings (SSSR count). The number of hydrogen-bond donors (Lipinski definition) is 2. The summed E-state index contributed by atoms with van der Waals surface area (Å²) in [5.41, 5.74) is 3.49. The second-order valence-corrected chi connectivity index (χ2v) is 7.90. The Morgan fingerprint density at radius 1 is 1.04 bits per heavy atom. The normalized spacial score (nSPS) is 20.7. The van der Waals surface area contributed by atoms with Crippen LogP contribution in [0.4, 0.5) is 17.1 Å². The number of benzene rings is 2. The standard InChI is InChI=1S/C21H21N3O3/c1-21(2)11-16-19(18(25)12-21)20(13-7-3-6-10-17(13)24(26)27)23-15-9-5-4-8-14(15)22-16/h3-10,20,22-23H,11-12H2,1-2H3. The van der Waals surface area contributed by atoms with Gasteiger partial charge in [0.05, 0.1) is 27.9 Å². The van der Waals surface area contributed by atoms with E-state index >= 15 is 0 Å². The van der Waals surface area contributed by atoms with E-state index in [-0.39, 0.29) is 16.9 Å². The molecule has 138 valence electrons. The average Bonchev–Trinajstić information content (AvgIpc) is 2.76. The van der Waals surface area contributed by atoms with Gasteiger partial charge in [-0.05, 0) is 30.0 Å². The molecule has 0 spiro atoms. The van der Waals surface area contributed by atoms with E-state index < -0.39 is 11.0 Å². The van der Waals surface area contributed by atoms with Crippen LogP contribution in [-0.4, -0.2) is 10.7 Å². The van der Waals surface area contributed by atoms with Crippen LogP contribution in [0.15, 0.2) is 59.8 Å². The van der Waals surface area contributed by atoms with Crippen LogP contribution in [0.2, 0.25) is 0 Å². The highest BCUT2D eigenvalue weighted by atomic mass is 16.6. The number of allylic oxidation sites excluding steroid dienone is 1. The number of nitro benzene ring substituents is 1. The average molecular weight is 363 g/mol. The third kappa shape index (κ3) is 3.07. The van der Waals surface area contributed by atoms with Gasteiger partial charge in [0.1, 0.15) is 0 Å². The van der Waals surface area contributed by atoms with Crippen LogP contribution in [0.5, 0.6) is 0 Å². The number of carbonyl (C=O) groups is 1. The summed E-state index contributed by atoms with van der Waals surface area (Å²) < 4.78 is 0. The Hall–Kier alpha value is -3.15. The maximum Gasteiger partial charge on any atom is 0.275 e. The predicted octanol–water partition coefficient (Wildman–Crippen LogP) is 4.82. The molecule has 1 aliphatic carbocycles. The van der Waals surface area contributed by atoms with E-state index in [2.05, 4.69) is 24.5 Å². The number of nitrogens with zero attached hydrogens (tertiary/aromatic N) is 1. The van der Waals surface area contributed by atoms with Crippen molar-refractivity contribution in [1.82, 2.24) is 0 Å². The van der Waals surface area contributed by atoms with Crippen LogP contribution in [-0.2, 0) is 4.79 Å². The zero-order valence-electron chi connectivity index (χ0n) is 15.3. The number of fused-ring (bicyclic) bond motifs is 1. The molecule has 1 unspecified atom stereocenters. The van der Waals surface area contributed by atoms with Gasteiger partial charge in [-0.3, -0.25) is 14.9 Å². The molecule has 0 bridgehead atoms. The maximum absolute atomic E-state index is 13.1. The van der Waals surface area contributed by atoms with Gasteiger partial charge in [-0.1, -0.05) is 38.1 Å². The molecular weight excluding hydrogens is 342 g/mol. The number of para-hydroxylation sites is 3. The Balaban J connectivity index is 1.94. The molecule has 27 heavy (non-hydrogen) atoms. The van der Waals surface area contributed by atoms with Gasteiger partial charge in [-0.2, -0.15) is 0 Å². The number of carbonyl (C=O) groups excluding carboxylic acids is 1. The minimum atomic E-state index is -0.568. The molecule has 6 heteroatoms. The van der Waals surface area contributed by atoms with Crippen LogP contribution in [0.25, 0.3) is 0 Å². The number of nitro groups is 1. The van der Waals surface area contributed by atoms with Crippen molar-refractivity contribution in [3.05, 3.63) is 75.5 Å². The van der Waals surface area contributed by atoms with Crippen molar-refractivity contribution >= 4 is 22.8 Å². The summed E-state index contributed by atoms with van der Waals surface area (Å²) in [6.07, 6.45) is 1.13. The van der Waals surface area contributed by atoms with Gasteiger partial charge in [0.2, 0.25) is 0 Å². The molecule has 0 amide bonds. The lowest BCUT2D eigenvalue weighted by Gasteiger charge is -2.34. The highest BCUT2D eigenvalue weighted by molar-refractivity contribution is 6.01. The first-order chi connectivity index (χ1) is 12.9. The van der Waals surface area contributed by atoms with Gasteiger partial charge in [-0.15, -0.1) is 0 Å². The lowest BCUT2D eigenvalue weighted by Crippen LogP contribution is -2.31. The summed E-state index contributed by atoms with van der Waals surface area (Å²) in [6, 6.07) is 13.7. The Labute approximate surface area is 157 Å². The van der Waals surface area contributed by atoms with E-state index in [0.29, 0.717) is 24.0 Å². The second kappa shape index (κ2) is 6.23. The smallest absolute Gasteiger partial charge is 0.275 e. The summed E-state index contributed by atoms with van der Waals surface area (Å²) in [6.45, 7) is 4.14. The molecule has 2 N–H and O–H groups in total. The Kier molecular flexibility index (Phi) is 3.98. The summed E-state index contributed by atoms with van der Waals surface area (Å²) in [5, 5.41) is 18.4. The highest BCUT2D eigenvalue weighted by Gasteiger charge is 2.40. The van der Waals surface area contributed by atoms with Gasteiger partial charge in [0.25, 0.3) is 5.69 Å². The maximum atomic E-state index is 13.1. The largest absolute Gasteiger partial charge is 0.372 e. The zero-order valence-corrected chi connectivity index (χ0v) is 15.3. The third-order valence-electron chi connectivity index (χ3n) is 5.17. The van der Waals surface area contributed by atoms with Crippen molar-refractivity contribution in [2.75, 3.05) is 10.6 Å². The van der Waals surface area contributed by atoms with E-state index in [9.17, 15) is 14.9 Å². The van der Waals surface area contributed by atoms with E-state index in [1.807, 2.05) is 24.3 Å². The molecule has 1 heterocycles. The van der Waals surface area contributed by atoms with Gasteiger partial charge in [0, 0.05) is 23.8 Å². The van der Waals surface area contributed by atoms with E-state index in [1.54, 1.807) is 18.2 Å². The van der Waals surface area contributed by atoms with Crippen LogP contribution in [0.1, 0.15) is 38.3 Å². The lowest BCUT2D eigenvalue weighted by atomic mass is 9.73. The molecule has 1 aliphatic heterocycles. The van der Waals surface area contributed by atoms with E-state index in [4.69, 9.17) is 0 Å². The van der Waals surface area contributed by atoms with Crippen LogP contribution < -0.4 is 10.6 Å². The van der Waals surface area contributed by atoms with Crippen molar-refractivity contribution in [3.8, 4) is 0 Å². The van der Waals surface area contributed by atoms with Gasteiger partial charge in [-0.25, -0.2) is 0 Å². The Bertz CT molecular complexity index is 978. The van der Waals surface area contributed by atoms with Crippen molar-refractivity contribution in [3.63, 3.8) is 0 Å². The highest BCUT2D eigenvalue weighted by Crippen LogP contribution is 2.46. The number of ketones is 1. The number of rotatable bonds is 2. The van der Waals surface area contributed by atoms with Crippen LogP contribution >= 0.6 is 0 Å². The summed E-state index contributed by atoms with van der Waals surface area (Å²) in [7, 11) is 0. The number of nitrogens with one attached hydrogen (secondary N) is 2. The van der Waals surface area contributed by atoms with Gasteiger partial charge >= 0.3 is 0 Å². The van der Waals surface area contributed by atoms with Crippen LogP contribution in [0.3, 0.4) is 0 Å². The molecule has 0 radical (unpaired) electrons. The summed E-state index contributed by atoms with van der Waals surface area (Å²) in [4.78, 5) is 24.3. The first-order valence-electron chi connectivity index (χ1n) is 8.98. The second-order valence-electron chi connectivity index (χ2n) is 7.90. The quantitative estimate of drug-likeness (QED) is 0.590. The summed E-state index contributed by atoms with van der Waals surface area (Å²) in [5.74, 6) is 0.0252. The van der Waals surface area contributed by atoms with Crippen LogP contribution in [0, 0.1) is 15.5 Å². The summed E-state index contributed by atoms with van der Waals surface area (Å²) >= 11 is 0. The minimum absolute atomic E-state index is 0.0128. The zero-order chi connectivity index (χ0) is 19.2. The first kappa shape index (κ1) is 17.3. The van der Waals surface area contributed by atoms with E-state index in [0.717, 1.165) is 17.1 Å². The third-order valence-corrected chi connectivity index (χ3v) is 5.17. The minimum Gasteiger partial charge on any atom is -0.372 e. The van der Waals surface area contributed by atoms with Gasteiger partial charge < -0.3 is 10.6 Å². The first-order valence-corrected chi connectivity index (χ1v) is 8.98. The number of Topliss-reactive ketones (excluding diaryl/α,β-unsaturated/α-hetero) is 1. The Morgan fingerprint density at radius 2 is 1.70 bits per heavy atom. The van der Waals surface area contributed by atoms with Crippen molar-refractivity contribution in [2.45, 2.75) is 32.7 Å². The predicted molar refractivity (Wildman–Crippen MR) is 105 cm³/mol.